The van der Waals surface area contributed by atoms with Crippen LogP contribution in [0.15, 0.2) is 0 Å². The number of aliphatic hydroxyl groups is 2. The second kappa shape index (κ2) is 9.85. The smallest absolute Gasteiger partial charge is 0.470 e. The van der Waals surface area contributed by atoms with Gasteiger partial charge in [-0.3, -0.25) is 18.1 Å². The van der Waals surface area contributed by atoms with Gasteiger partial charge in [0.25, 0.3) is 7.82 Å². The SMILES string of the molecule is O=P([O-])(O)O[C@H]1[C@H](OP(=O)(O)O)[C@@H](OP(=O)(O)O)[C@H](O)[C@@H](O)[C@H]1OP(=O)(O)O.[NH4+]. The van der Waals surface area contributed by atoms with Crippen LogP contribution in [-0.2, 0) is 36.4 Å². The second-order valence-electron chi connectivity index (χ2n) is 5.20. The van der Waals surface area contributed by atoms with Crippen LogP contribution in [0.2, 0.25) is 0 Å². The standard InChI is InChI=1S/C6H16O18P4.H3N/c7-1-2(8)4(22-26(12,13)14)6(24-28(18,19)20)5(23-27(15,16)17)3(1)21-25(9,10)11;/h1-8H,(H2,9,10,11)(H2,12,13,14)(H2,15,16,17)(H2,18,19,20);1H3/t1-,2-,3-,4+,5-,6-;/m1./s1. The number of hydrogen-bond donors (Lipinski definition) is 10. The summed E-state index contributed by atoms with van der Waals surface area (Å²) in [6.07, 6.45) is -16.1. The van der Waals surface area contributed by atoms with Crippen molar-refractivity contribution >= 4 is 31.3 Å². The van der Waals surface area contributed by atoms with Crippen molar-refractivity contribution in [3.05, 3.63) is 0 Å². The lowest BCUT2D eigenvalue weighted by Crippen LogP contribution is -2.65. The zero-order valence-corrected chi connectivity index (χ0v) is 17.5. The topological polar surface area (TPSA) is 347 Å². The van der Waals surface area contributed by atoms with Gasteiger partial charge in [0.15, 0.2) is 0 Å². The Morgan fingerprint density at radius 3 is 1.03 bits per heavy atom. The molecule has 0 aromatic rings. The number of aliphatic hydroxyl groups excluding tert-OH is 2. The third-order valence-corrected chi connectivity index (χ3v) is 5.09. The van der Waals surface area contributed by atoms with Crippen molar-refractivity contribution in [3.8, 4) is 0 Å². The van der Waals surface area contributed by atoms with Gasteiger partial charge in [0.05, 0.1) is 0 Å². The van der Waals surface area contributed by atoms with E-state index in [4.69, 9.17) is 34.3 Å². The van der Waals surface area contributed by atoms with Gasteiger partial charge in [-0.15, -0.1) is 0 Å². The predicted octanol–water partition coefficient (Wildman–Crippen LogP) is -3.62. The van der Waals surface area contributed by atoms with Crippen molar-refractivity contribution in [1.29, 1.82) is 0 Å². The molecular weight excluding hydrogens is 498 g/mol. The van der Waals surface area contributed by atoms with Crippen LogP contribution in [0.4, 0.5) is 0 Å². The van der Waals surface area contributed by atoms with Gasteiger partial charge in [-0.1, -0.05) is 0 Å². The first-order valence-electron chi connectivity index (χ1n) is 6.50. The molecule has 0 spiro atoms. The van der Waals surface area contributed by atoms with Crippen LogP contribution in [0.1, 0.15) is 0 Å². The minimum Gasteiger partial charge on any atom is -0.756 e. The van der Waals surface area contributed by atoms with Crippen LogP contribution in [-0.4, -0.2) is 81.1 Å². The maximum Gasteiger partial charge on any atom is 0.470 e. The Balaban J connectivity index is 0.00000784. The zero-order valence-electron chi connectivity index (χ0n) is 14.0. The van der Waals surface area contributed by atoms with Gasteiger partial charge in [-0.05, 0) is 0 Å². The lowest BCUT2D eigenvalue weighted by Gasteiger charge is -2.46. The quantitative estimate of drug-likeness (QED) is 0.139. The van der Waals surface area contributed by atoms with Crippen molar-refractivity contribution < 1.29 is 85.7 Å². The third kappa shape index (κ3) is 9.99. The monoisotopic (exact) mass is 517 g/mol. The van der Waals surface area contributed by atoms with Gasteiger partial charge in [-0.2, -0.15) is 0 Å². The van der Waals surface area contributed by atoms with Crippen molar-refractivity contribution in [2.24, 2.45) is 0 Å². The Labute approximate surface area is 160 Å². The molecule has 7 atom stereocenters. The average Bonchev–Trinajstić information content (AvgIpc) is 2.39. The fraction of sp³-hybridized carbons (Fsp3) is 1.00. The minimum absolute atomic E-state index is 0. The van der Waals surface area contributed by atoms with Crippen molar-refractivity contribution in [2.45, 2.75) is 36.6 Å². The van der Waals surface area contributed by atoms with Crippen LogP contribution in [0.5, 0.6) is 0 Å². The number of hydrogen-bond acceptors (Lipinski definition) is 11. The summed E-state index contributed by atoms with van der Waals surface area (Å²) in [7, 11) is -22.8. The maximum atomic E-state index is 11.1. The van der Waals surface area contributed by atoms with Gasteiger partial charge in [0, 0.05) is 0 Å². The van der Waals surface area contributed by atoms with Crippen LogP contribution in [0.25, 0.3) is 0 Å². The highest BCUT2D eigenvalue weighted by Crippen LogP contribution is 2.51. The minimum atomic E-state index is -5.92. The summed E-state index contributed by atoms with van der Waals surface area (Å²) in [6, 6.07) is 0. The van der Waals surface area contributed by atoms with Crippen molar-refractivity contribution in [3.63, 3.8) is 0 Å². The van der Waals surface area contributed by atoms with E-state index < -0.39 is 67.9 Å². The molecule has 0 aromatic heterocycles. The number of rotatable bonds is 8. The molecule has 0 aromatic carbocycles. The number of phosphoric ester groups is 4. The number of phosphoric acid groups is 4. The van der Waals surface area contributed by atoms with Gasteiger partial charge < -0.3 is 60.0 Å². The van der Waals surface area contributed by atoms with Crippen molar-refractivity contribution in [1.82, 2.24) is 6.15 Å². The molecule has 1 rings (SSSR count). The van der Waals surface area contributed by atoms with E-state index in [1.807, 2.05) is 0 Å². The summed E-state index contributed by atoms with van der Waals surface area (Å²) in [5.41, 5.74) is 0. The zero-order chi connectivity index (χ0) is 22.3. The van der Waals surface area contributed by atoms with Gasteiger partial charge >= 0.3 is 23.5 Å². The molecule has 0 saturated heterocycles. The van der Waals surface area contributed by atoms with E-state index in [2.05, 4.69) is 18.1 Å². The molecule has 1 aliphatic carbocycles. The van der Waals surface area contributed by atoms with E-state index in [1.54, 1.807) is 0 Å². The molecule has 0 amide bonds. The van der Waals surface area contributed by atoms with Crippen LogP contribution in [0, 0.1) is 0 Å². The van der Waals surface area contributed by atoms with E-state index in [0.717, 1.165) is 0 Å². The summed E-state index contributed by atoms with van der Waals surface area (Å²) >= 11 is 0. The fourth-order valence-electron chi connectivity index (χ4n) is 2.27. The first-order valence-corrected chi connectivity index (χ1v) is 12.6. The van der Waals surface area contributed by atoms with Crippen LogP contribution in [0.3, 0.4) is 0 Å². The van der Waals surface area contributed by atoms with E-state index in [1.165, 1.54) is 0 Å². The lowest BCUT2D eigenvalue weighted by molar-refractivity contribution is -0.252. The molecule has 0 heterocycles. The predicted molar refractivity (Wildman–Crippen MR) is 83.4 cm³/mol. The highest BCUT2D eigenvalue weighted by atomic mass is 31.2. The summed E-state index contributed by atoms with van der Waals surface area (Å²) in [5, 5.41) is 19.8. The lowest BCUT2D eigenvalue weighted by atomic mass is 9.85. The highest BCUT2D eigenvalue weighted by Gasteiger charge is 2.58. The Kier molecular flexibility index (Phi) is 9.96. The molecule has 23 heteroatoms. The molecule has 1 fully saturated rings. The van der Waals surface area contributed by atoms with Gasteiger partial charge in [-0.25, -0.2) is 13.7 Å². The Morgan fingerprint density at radius 2 is 0.793 bits per heavy atom. The Hall–Kier alpha value is 0.320. The molecular formula is C6H19NO18P4. The average molecular weight is 517 g/mol. The van der Waals surface area contributed by atoms with E-state index in [-0.39, 0.29) is 6.15 Å². The van der Waals surface area contributed by atoms with Crippen LogP contribution < -0.4 is 11.0 Å². The Morgan fingerprint density at radius 1 is 0.552 bits per heavy atom. The molecule has 1 aliphatic rings. The molecule has 1 saturated carbocycles. The van der Waals surface area contributed by atoms with E-state index in [0.29, 0.717) is 0 Å². The summed E-state index contributed by atoms with van der Waals surface area (Å²) in [4.78, 5) is 73.0. The molecule has 0 radical (unpaired) electrons. The summed E-state index contributed by atoms with van der Waals surface area (Å²) in [6.45, 7) is 0. The largest absolute Gasteiger partial charge is 0.756 e. The molecule has 1 unspecified atom stereocenters. The molecule has 19 nitrogen and oxygen atoms in total. The maximum absolute atomic E-state index is 11.1. The van der Waals surface area contributed by atoms with E-state index >= 15 is 0 Å². The molecule has 29 heavy (non-hydrogen) atoms. The molecule has 176 valence electrons. The molecule has 0 aliphatic heterocycles. The molecule has 13 N–H and O–H groups in total. The third-order valence-electron chi connectivity index (χ3n) is 3.03. The van der Waals surface area contributed by atoms with Gasteiger partial charge in [0.2, 0.25) is 0 Å². The van der Waals surface area contributed by atoms with E-state index in [9.17, 15) is 33.4 Å². The Bertz CT molecular complexity index is 671. The number of quaternary nitrogens is 1. The summed E-state index contributed by atoms with van der Waals surface area (Å²) < 4.78 is 60.3. The molecule has 0 bridgehead atoms. The summed E-state index contributed by atoms with van der Waals surface area (Å²) in [5.74, 6) is 0. The second-order valence-corrected chi connectivity index (χ2v) is 9.93. The first-order chi connectivity index (χ1) is 12.2. The van der Waals surface area contributed by atoms with Gasteiger partial charge in [0.1, 0.15) is 36.6 Å². The fourth-order valence-corrected chi connectivity index (χ4v) is 4.49. The normalized spacial score (nSPS) is 33.6. The highest BCUT2D eigenvalue weighted by molar-refractivity contribution is 7.47. The van der Waals surface area contributed by atoms with Crippen LogP contribution >= 0.6 is 31.3 Å². The van der Waals surface area contributed by atoms with Crippen molar-refractivity contribution in [2.75, 3.05) is 0 Å². The first kappa shape index (κ1) is 29.3.